The van der Waals surface area contributed by atoms with E-state index in [1.165, 1.54) is 0 Å². The van der Waals surface area contributed by atoms with Crippen LogP contribution < -0.4 is 11.1 Å². The molecule has 0 amide bonds. The molecule has 2 aromatic heterocycles. The Morgan fingerprint density at radius 3 is 2.70 bits per heavy atom. The molecule has 2 heterocycles. The zero-order valence-electron chi connectivity index (χ0n) is 10.9. The molecular formula is C13H16BrN5O. The van der Waals surface area contributed by atoms with Gasteiger partial charge in [-0.25, -0.2) is 15.0 Å². The van der Waals surface area contributed by atoms with Gasteiger partial charge in [0.25, 0.3) is 0 Å². The SMILES string of the molecule is Nc1ncc(Br)c2nc(NC3CCC(O)CC3)ncc12. The van der Waals surface area contributed by atoms with Crippen molar-refractivity contribution in [1.82, 2.24) is 15.0 Å². The summed E-state index contributed by atoms with van der Waals surface area (Å²) in [5.41, 5.74) is 6.57. The molecule has 106 valence electrons. The van der Waals surface area contributed by atoms with E-state index in [9.17, 15) is 5.11 Å². The van der Waals surface area contributed by atoms with Crippen LogP contribution in [0.3, 0.4) is 0 Å². The van der Waals surface area contributed by atoms with Crippen molar-refractivity contribution in [2.45, 2.75) is 37.8 Å². The molecule has 1 fully saturated rings. The van der Waals surface area contributed by atoms with Gasteiger partial charge in [-0.1, -0.05) is 0 Å². The lowest BCUT2D eigenvalue weighted by atomic mass is 9.93. The highest BCUT2D eigenvalue weighted by Crippen LogP contribution is 2.26. The summed E-state index contributed by atoms with van der Waals surface area (Å²) < 4.78 is 0.797. The van der Waals surface area contributed by atoms with Crippen molar-refractivity contribution in [3.63, 3.8) is 0 Å². The first-order chi connectivity index (χ1) is 9.63. The van der Waals surface area contributed by atoms with Crippen LogP contribution in [0, 0.1) is 0 Å². The van der Waals surface area contributed by atoms with E-state index in [1.807, 2.05) is 0 Å². The highest BCUT2D eigenvalue weighted by Gasteiger charge is 2.20. The lowest BCUT2D eigenvalue weighted by Gasteiger charge is -2.26. The second kappa shape index (κ2) is 5.49. The second-order valence-electron chi connectivity index (χ2n) is 5.10. The molecule has 0 spiro atoms. The van der Waals surface area contributed by atoms with Crippen LogP contribution >= 0.6 is 15.9 Å². The molecule has 0 saturated heterocycles. The van der Waals surface area contributed by atoms with Crippen LogP contribution in [0.4, 0.5) is 11.8 Å². The number of aliphatic hydroxyl groups excluding tert-OH is 1. The van der Waals surface area contributed by atoms with Gasteiger partial charge in [0.1, 0.15) is 5.82 Å². The molecule has 2 aromatic rings. The number of fused-ring (bicyclic) bond motifs is 1. The minimum Gasteiger partial charge on any atom is -0.393 e. The lowest BCUT2D eigenvalue weighted by Crippen LogP contribution is -2.28. The third-order valence-electron chi connectivity index (χ3n) is 3.64. The number of halogens is 1. The maximum atomic E-state index is 9.52. The van der Waals surface area contributed by atoms with E-state index in [1.54, 1.807) is 12.4 Å². The molecule has 7 heteroatoms. The molecule has 0 bridgehead atoms. The number of nitrogens with zero attached hydrogens (tertiary/aromatic N) is 3. The van der Waals surface area contributed by atoms with Crippen LogP contribution in [0.1, 0.15) is 25.7 Å². The van der Waals surface area contributed by atoms with Crippen LogP contribution in [0.25, 0.3) is 10.9 Å². The third-order valence-corrected chi connectivity index (χ3v) is 4.22. The number of nitrogens with two attached hydrogens (primary N) is 1. The van der Waals surface area contributed by atoms with Gasteiger partial charge in [-0.05, 0) is 41.6 Å². The minimum absolute atomic E-state index is 0.161. The van der Waals surface area contributed by atoms with Crippen LogP contribution in [0.15, 0.2) is 16.9 Å². The molecule has 4 N–H and O–H groups in total. The van der Waals surface area contributed by atoms with Crippen LogP contribution in [-0.2, 0) is 0 Å². The van der Waals surface area contributed by atoms with Gasteiger partial charge < -0.3 is 16.2 Å². The quantitative estimate of drug-likeness (QED) is 0.776. The van der Waals surface area contributed by atoms with E-state index in [0.717, 1.165) is 41.1 Å². The Bertz CT molecular complexity index is 627. The normalized spacial score (nSPS) is 22.9. The fraction of sp³-hybridized carbons (Fsp3) is 0.462. The average molecular weight is 338 g/mol. The van der Waals surface area contributed by atoms with E-state index < -0.39 is 0 Å². The highest BCUT2D eigenvalue weighted by molar-refractivity contribution is 9.10. The number of rotatable bonds is 2. The van der Waals surface area contributed by atoms with Crippen molar-refractivity contribution in [2.75, 3.05) is 11.1 Å². The first kappa shape index (κ1) is 13.5. The maximum Gasteiger partial charge on any atom is 0.223 e. The van der Waals surface area contributed by atoms with Crippen molar-refractivity contribution in [3.05, 3.63) is 16.9 Å². The lowest BCUT2D eigenvalue weighted by molar-refractivity contribution is 0.126. The fourth-order valence-corrected chi connectivity index (χ4v) is 2.89. The summed E-state index contributed by atoms with van der Waals surface area (Å²) in [5.74, 6) is 1.01. The molecule has 6 nitrogen and oxygen atoms in total. The summed E-state index contributed by atoms with van der Waals surface area (Å²) in [4.78, 5) is 12.9. The van der Waals surface area contributed by atoms with E-state index in [0.29, 0.717) is 17.8 Å². The van der Waals surface area contributed by atoms with Crippen LogP contribution in [-0.4, -0.2) is 32.2 Å². The van der Waals surface area contributed by atoms with Gasteiger partial charge in [0.05, 0.1) is 21.5 Å². The Balaban J connectivity index is 1.84. The van der Waals surface area contributed by atoms with Crippen LogP contribution in [0.2, 0.25) is 0 Å². The van der Waals surface area contributed by atoms with Crippen LogP contribution in [0.5, 0.6) is 0 Å². The molecule has 1 aliphatic rings. The van der Waals surface area contributed by atoms with E-state index >= 15 is 0 Å². The number of aliphatic hydroxyl groups is 1. The summed E-state index contributed by atoms with van der Waals surface area (Å²) in [5, 5.41) is 13.6. The Morgan fingerprint density at radius 2 is 1.95 bits per heavy atom. The van der Waals surface area contributed by atoms with Gasteiger partial charge in [-0.2, -0.15) is 0 Å². The van der Waals surface area contributed by atoms with E-state index in [4.69, 9.17) is 5.73 Å². The molecule has 20 heavy (non-hydrogen) atoms. The summed E-state index contributed by atoms with van der Waals surface area (Å²) in [7, 11) is 0. The minimum atomic E-state index is -0.161. The van der Waals surface area contributed by atoms with Gasteiger partial charge in [-0.3, -0.25) is 0 Å². The second-order valence-corrected chi connectivity index (χ2v) is 5.95. The molecule has 0 aromatic carbocycles. The zero-order valence-corrected chi connectivity index (χ0v) is 12.5. The summed E-state index contributed by atoms with van der Waals surface area (Å²) in [6.07, 6.45) is 6.69. The number of nitrogen functional groups attached to an aromatic ring is 1. The molecule has 1 aliphatic carbocycles. The van der Waals surface area contributed by atoms with Gasteiger partial charge >= 0.3 is 0 Å². The predicted molar refractivity (Wildman–Crippen MR) is 81.3 cm³/mol. The average Bonchev–Trinajstić information content (AvgIpc) is 2.46. The van der Waals surface area contributed by atoms with Crippen molar-refractivity contribution >= 4 is 38.6 Å². The van der Waals surface area contributed by atoms with Gasteiger partial charge in [0.2, 0.25) is 5.95 Å². The van der Waals surface area contributed by atoms with Gasteiger partial charge in [0, 0.05) is 18.4 Å². The molecule has 3 rings (SSSR count). The van der Waals surface area contributed by atoms with Crippen molar-refractivity contribution in [1.29, 1.82) is 0 Å². The number of hydrogen-bond acceptors (Lipinski definition) is 6. The van der Waals surface area contributed by atoms with Crippen molar-refractivity contribution in [2.24, 2.45) is 0 Å². The topological polar surface area (TPSA) is 97.0 Å². The number of nitrogens with one attached hydrogen (secondary N) is 1. The third kappa shape index (κ3) is 2.69. The fourth-order valence-electron chi connectivity index (χ4n) is 2.48. The highest BCUT2D eigenvalue weighted by atomic mass is 79.9. The number of aromatic nitrogens is 3. The van der Waals surface area contributed by atoms with E-state index in [2.05, 4.69) is 36.2 Å². The summed E-state index contributed by atoms with van der Waals surface area (Å²) in [6, 6.07) is 0.314. The molecule has 0 unspecified atom stereocenters. The first-order valence-electron chi connectivity index (χ1n) is 6.65. The predicted octanol–water partition coefficient (Wildman–Crippen LogP) is 2.08. The van der Waals surface area contributed by atoms with Gasteiger partial charge in [-0.15, -0.1) is 0 Å². The Labute approximate surface area is 125 Å². The standard InChI is InChI=1S/C13H16BrN5O/c14-10-6-16-12(15)9-5-17-13(19-11(9)10)18-7-1-3-8(20)4-2-7/h5-8,20H,1-4H2,(H2,15,16)(H,17,18,19). The number of pyridine rings is 1. The number of anilines is 2. The Kier molecular flexibility index (Phi) is 3.71. The largest absolute Gasteiger partial charge is 0.393 e. The molecule has 0 aliphatic heterocycles. The molecular weight excluding hydrogens is 322 g/mol. The monoisotopic (exact) mass is 337 g/mol. The smallest absolute Gasteiger partial charge is 0.223 e. The Hall–Kier alpha value is -1.47. The Morgan fingerprint density at radius 1 is 1.20 bits per heavy atom. The van der Waals surface area contributed by atoms with E-state index in [-0.39, 0.29) is 6.10 Å². The maximum absolute atomic E-state index is 9.52. The molecule has 0 atom stereocenters. The molecule has 1 saturated carbocycles. The first-order valence-corrected chi connectivity index (χ1v) is 7.44. The number of hydrogen-bond donors (Lipinski definition) is 3. The summed E-state index contributed by atoms with van der Waals surface area (Å²) >= 11 is 3.43. The molecule has 0 radical (unpaired) electrons. The van der Waals surface area contributed by atoms with Crippen molar-refractivity contribution in [3.8, 4) is 0 Å². The van der Waals surface area contributed by atoms with Crippen molar-refractivity contribution < 1.29 is 5.11 Å². The summed E-state index contributed by atoms with van der Waals surface area (Å²) in [6.45, 7) is 0. The van der Waals surface area contributed by atoms with Gasteiger partial charge in [0.15, 0.2) is 0 Å². The zero-order chi connectivity index (χ0) is 14.1.